The number of fused-ring (bicyclic) bond motifs is 1. The summed E-state index contributed by atoms with van der Waals surface area (Å²) in [6, 6.07) is 23.5. The molecule has 0 saturated carbocycles. The van der Waals surface area contributed by atoms with E-state index in [1.807, 2.05) is 0 Å². The van der Waals surface area contributed by atoms with Crippen molar-refractivity contribution in [3.05, 3.63) is 82.3 Å². The van der Waals surface area contributed by atoms with Crippen LogP contribution in [-0.2, 0) is 6.42 Å². The van der Waals surface area contributed by atoms with Gasteiger partial charge in [0.05, 0.1) is 0 Å². The topological polar surface area (TPSA) is 26.0 Å². The normalized spacial score (nSPS) is 12.5. The van der Waals surface area contributed by atoms with Crippen LogP contribution in [0.3, 0.4) is 0 Å². The highest BCUT2D eigenvalue weighted by atomic mass is 79.9. The molecule has 0 bridgehead atoms. The lowest BCUT2D eigenvalue weighted by Crippen LogP contribution is -2.15. The summed E-state index contributed by atoms with van der Waals surface area (Å²) < 4.78 is 1.11. The minimum atomic E-state index is 0.341. The molecule has 0 aliphatic rings. The first-order valence-corrected chi connectivity index (χ1v) is 7.99. The Balaban J connectivity index is 1.96. The summed E-state index contributed by atoms with van der Waals surface area (Å²) in [5.41, 5.74) is 8.69. The highest BCUT2D eigenvalue weighted by Crippen LogP contribution is 2.27. The second kappa shape index (κ2) is 6.42. The third kappa shape index (κ3) is 3.17. The van der Waals surface area contributed by atoms with Crippen molar-refractivity contribution in [2.75, 3.05) is 6.54 Å². The van der Waals surface area contributed by atoms with Gasteiger partial charge in [-0.25, -0.2) is 0 Å². The van der Waals surface area contributed by atoms with Crippen molar-refractivity contribution < 1.29 is 0 Å². The second-order valence-electron chi connectivity index (χ2n) is 5.33. The van der Waals surface area contributed by atoms with E-state index < -0.39 is 0 Å². The van der Waals surface area contributed by atoms with E-state index in [0.29, 0.717) is 12.5 Å². The fourth-order valence-corrected chi connectivity index (χ4v) is 3.25. The first-order chi connectivity index (χ1) is 10.3. The maximum Gasteiger partial charge on any atom is 0.0178 e. The summed E-state index contributed by atoms with van der Waals surface area (Å²) in [5.74, 6) is 0.341. The zero-order valence-corrected chi connectivity index (χ0v) is 13.4. The third-order valence-electron chi connectivity index (χ3n) is 3.95. The molecule has 0 fully saturated rings. The van der Waals surface area contributed by atoms with Crippen LogP contribution in [0.2, 0.25) is 0 Å². The maximum atomic E-state index is 6.03. The first kappa shape index (κ1) is 14.3. The van der Waals surface area contributed by atoms with Gasteiger partial charge >= 0.3 is 0 Å². The summed E-state index contributed by atoms with van der Waals surface area (Å²) in [6.07, 6.45) is 0.967. The third-order valence-corrected chi connectivity index (χ3v) is 4.44. The minimum Gasteiger partial charge on any atom is -0.330 e. The highest BCUT2D eigenvalue weighted by molar-refractivity contribution is 9.10. The van der Waals surface area contributed by atoms with Gasteiger partial charge in [-0.05, 0) is 47.0 Å². The van der Waals surface area contributed by atoms with E-state index in [0.717, 1.165) is 10.9 Å². The summed E-state index contributed by atoms with van der Waals surface area (Å²) in [4.78, 5) is 0. The zero-order valence-electron chi connectivity index (χ0n) is 11.8. The van der Waals surface area contributed by atoms with Crippen LogP contribution >= 0.6 is 15.9 Å². The lowest BCUT2D eigenvalue weighted by molar-refractivity contribution is 0.697. The molecule has 1 unspecified atom stereocenters. The van der Waals surface area contributed by atoms with E-state index in [2.05, 4.69) is 82.7 Å². The molecule has 3 aromatic carbocycles. The molecule has 3 aromatic rings. The van der Waals surface area contributed by atoms with Crippen molar-refractivity contribution in [3.63, 3.8) is 0 Å². The molecule has 2 heteroatoms. The number of benzene rings is 3. The van der Waals surface area contributed by atoms with Crippen molar-refractivity contribution in [2.24, 2.45) is 5.73 Å². The predicted molar refractivity (Wildman–Crippen MR) is 93.6 cm³/mol. The van der Waals surface area contributed by atoms with Crippen LogP contribution in [0, 0.1) is 0 Å². The van der Waals surface area contributed by atoms with Gasteiger partial charge in [-0.15, -0.1) is 0 Å². The molecule has 1 atom stereocenters. The highest BCUT2D eigenvalue weighted by Gasteiger charge is 2.12. The van der Waals surface area contributed by atoms with E-state index in [9.17, 15) is 0 Å². The Morgan fingerprint density at radius 3 is 2.48 bits per heavy atom. The Labute approximate surface area is 133 Å². The molecule has 0 heterocycles. The maximum absolute atomic E-state index is 6.03. The molecular weight excluding hydrogens is 322 g/mol. The SMILES string of the molecule is NCC(Cc1cccc2ccccc12)c1cccc(Br)c1. The summed E-state index contributed by atoms with van der Waals surface area (Å²) >= 11 is 3.54. The first-order valence-electron chi connectivity index (χ1n) is 7.20. The molecule has 0 spiro atoms. The molecule has 0 amide bonds. The molecule has 106 valence electrons. The molecule has 0 saturated heterocycles. The number of rotatable bonds is 4. The Bertz CT molecular complexity index is 746. The van der Waals surface area contributed by atoms with Crippen molar-refractivity contribution in [1.82, 2.24) is 0 Å². The molecule has 2 N–H and O–H groups in total. The molecule has 21 heavy (non-hydrogen) atoms. The molecule has 0 aliphatic heterocycles. The summed E-state index contributed by atoms with van der Waals surface area (Å²) in [7, 11) is 0. The second-order valence-corrected chi connectivity index (χ2v) is 6.25. The Morgan fingerprint density at radius 1 is 0.905 bits per heavy atom. The molecular formula is C19H18BrN. The van der Waals surface area contributed by atoms with E-state index in [1.165, 1.54) is 21.9 Å². The van der Waals surface area contributed by atoms with Gasteiger partial charge in [0.15, 0.2) is 0 Å². The zero-order chi connectivity index (χ0) is 14.7. The smallest absolute Gasteiger partial charge is 0.0178 e. The molecule has 1 nitrogen and oxygen atoms in total. The van der Waals surface area contributed by atoms with Gasteiger partial charge in [0.1, 0.15) is 0 Å². The van der Waals surface area contributed by atoms with Crippen molar-refractivity contribution in [3.8, 4) is 0 Å². The average molecular weight is 340 g/mol. The monoisotopic (exact) mass is 339 g/mol. The Morgan fingerprint density at radius 2 is 1.67 bits per heavy atom. The van der Waals surface area contributed by atoms with Gasteiger partial charge in [-0.2, -0.15) is 0 Å². The summed E-state index contributed by atoms with van der Waals surface area (Å²) in [6.45, 7) is 0.652. The Hall–Kier alpha value is -1.64. The molecule has 0 radical (unpaired) electrons. The lowest BCUT2D eigenvalue weighted by Gasteiger charge is -2.17. The number of halogens is 1. The van der Waals surface area contributed by atoms with Crippen LogP contribution in [0.15, 0.2) is 71.2 Å². The van der Waals surface area contributed by atoms with Crippen LogP contribution in [0.5, 0.6) is 0 Å². The number of hydrogen-bond donors (Lipinski definition) is 1. The van der Waals surface area contributed by atoms with E-state index >= 15 is 0 Å². The van der Waals surface area contributed by atoms with Crippen LogP contribution < -0.4 is 5.73 Å². The van der Waals surface area contributed by atoms with Crippen molar-refractivity contribution in [1.29, 1.82) is 0 Å². The minimum absolute atomic E-state index is 0.341. The van der Waals surface area contributed by atoms with Gasteiger partial charge in [-0.1, -0.05) is 70.5 Å². The van der Waals surface area contributed by atoms with E-state index in [1.54, 1.807) is 0 Å². The largest absolute Gasteiger partial charge is 0.330 e. The Kier molecular flexibility index (Phi) is 4.37. The predicted octanol–water partition coefficient (Wildman–Crippen LogP) is 4.89. The van der Waals surface area contributed by atoms with Gasteiger partial charge < -0.3 is 5.73 Å². The van der Waals surface area contributed by atoms with Gasteiger partial charge in [0.25, 0.3) is 0 Å². The van der Waals surface area contributed by atoms with E-state index in [4.69, 9.17) is 5.73 Å². The number of hydrogen-bond acceptors (Lipinski definition) is 1. The van der Waals surface area contributed by atoms with E-state index in [-0.39, 0.29) is 0 Å². The quantitative estimate of drug-likeness (QED) is 0.719. The van der Waals surface area contributed by atoms with Gasteiger partial charge in [0, 0.05) is 10.4 Å². The lowest BCUT2D eigenvalue weighted by atomic mass is 9.90. The number of nitrogens with two attached hydrogens (primary N) is 1. The van der Waals surface area contributed by atoms with Crippen LogP contribution in [0.4, 0.5) is 0 Å². The standard InChI is InChI=1S/C19H18BrN/c20-18-9-4-7-15(12-18)17(13-21)11-16-8-3-6-14-5-1-2-10-19(14)16/h1-10,12,17H,11,13,21H2. The summed E-state index contributed by atoms with van der Waals surface area (Å²) in [5, 5.41) is 2.62. The van der Waals surface area contributed by atoms with Crippen molar-refractivity contribution in [2.45, 2.75) is 12.3 Å². The van der Waals surface area contributed by atoms with Gasteiger partial charge in [-0.3, -0.25) is 0 Å². The van der Waals surface area contributed by atoms with Gasteiger partial charge in [0.2, 0.25) is 0 Å². The fourth-order valence-electron chi connectivity index (χ4n) is 2.83. The average Bonchev–Trinajstić information content (AvgIpc) is 2.52. The molecule has 3 rings (SSSR count). The molecule has 0 aliphatic carbocycles. The fraction of sp³-hybridized carbons (Fsp3) is 0.158. The van der Waals surface area contributed by atoms with Crippen LogP contribution in [0.1, 0.15) is 17.0 Å². The van der Waals surface area contributed by atoms with Crippen LogP contribution in [-0.4, -0.2) is 6.54 Å². The molecule has 0 aromatic heterocycles. The van der Waals surface area contributed by atoms with Crippen molar-refractivity contribution >= 4 is 26.7 Å². The van der Waals surface area contributed by atoms with Crippen LogP contribution in [0.25, 0.3) is 10.8 Å².